The number of amides is 1. The molecule has 0 spiro atoms. The normalized spacial score (nSPS) is 17.6. The molecule has 2 aliphatic rings. The Morgan fingerprint density at radius 1 is 1.25 bits per heavy atom. The standard InChI is InChI=1S/C19H18N4O5/c20-7-12-9-22(13-5-6-13)19(26)23(18(12)25)10-17(24)21-8-14-11-27-15-3-1-2-4-16(15)28-14/h1-4,9,13-14H,5-6,8,10-11H2,(H,21,24). The lowest BCUT2D eigenvalue weighted by Gasteiger charge is -2.26. The minimum absolute atomic E-state index is 0.0117. The molecular weight excluding hydrogens is 364 g/mol. The number of benzene rings is 1. The lowest BCUT2D eigenvalue weighted by Crippen LogP contribution is -2.46. The van der Waals surface area contributed by atoms with Gasteiger partial charge in [-0.2, -0.15) is 5.26 Å². The van der Waals surface area contributed by atoms with E-state index in [2.05, 4.69) is 5.32 Å². The highest BCUT2D eigenvalue weighted by molar-refractivity contribution is 5.75. The fraction of sp³-hybridized carbons (Fsp3) is 0.368. The van der Waals surface area contributed by atoms with Gasteiger partial charge in [-0.15, -0.1) is 0 Å². The third-order valence-corrected chi connectivity index (χ3v) is 4.65. The molecule has 2 heterocycles. The molecular formula is C19H18N4O5. The van der Waals surface area contributed by atoms with Gasteiger partial charge >= 0.3 is 5.69 Å². The summed E-state index contributed by atoms with van der Waals surface area (Å²) in [7, 11) is 0. The van der Waals surface area contributed by atoms with E-state index in [1.165, 1.54) is 10.8 Å². The van der Waals surface area contributed by atoms with Crippen molar-refractivity contribution in [2.75, 3.05) is 13.2 Å². The molecule has 1 N–H and O–H groups in total. The van der Waals surface area contributed by atoms with Crippen LogP contribution in [0.2, 0.25) is 0 Å². The van der Waals surface area contributed by atoms with Crippen LogP contribution in [0.15, 0.2) is 40.1 Å². The minimum atomic E-state index is -0.759. The van der Waals surface area contributed by atoms with Gasteiger partial charge < -0.3 is 14.8 Å². The van der Waals surface area contributed by atoms with Gasteiger partial charge in [0.1, 0.15) is 30.9 Å². The van der Waals surface area contributed by atoms with Crippen LogP contribution >= 0.6 is 0 Å². The molecule has 1 aliphatic heterocycles. The Balaban J connectivity index is 1.43. The summed E-state index contributed by atoms with van der Waals surface area (Å²) in [4.78, 5) is 37.1. The highest BCUT2D eigenvalue weighted by atomic mass is 16.6. The maximum Gasteiger partial charge on any atom is 0.331 e. The van der Waals surface area contributed by atoms with E-state index >= 15 is 0 Å². The van der Waals surface area contributed by atoms with Crippen LogP contribution in [0.1, 0.15) is 24.4 Å². The van der Waals surface area contributed by atoms with Crippen molar-refractivity contribution >= 4 is 5.91 Å². The third-order valence-electron chi connectivity index (χ3n) is 4.65. The number of nitrogens with one attached hydrogen (secondary N) is 1. The second-order valence-electron chi connectivity index (χ2n) is 6.77. The van der Waals surface area contributed by atoms with Gasteiger partial charge in [0, 0.05) is 12.2 Å². The Morgan fingerprint density at radius 2 is 2.00 bits per heavy atom. The number of rotatable bonds is 5. The van der Waals surface area contributed by atoms with E-state index in [1.807, 2.05) is 12.1 Å². The molecule has 0 bridgehead atoms. The molecule has 9 nitrogen and oxygen atoms in total. The summed E-state index contributed by atoms with van der Waals surface area (Å²) in [6, 6.07) is 9.01. The summed E-state index contributed by atoms with van der Waals surface area (Å²) < 4.78 is 13.5. The molecule has 1 aromatic heterocycles. The number of hydrogen-bond acceptors (Lipinski definition) is 6. The number of nitriles is 1. The average molecular weight is 382 g/mol. The highest BCUT2D eigenvalue weighted by Gasteiger charge is 2.27. The summed E-state index contributed by atoms with van der Waals surface area (Å²) in [6.45, 7) is -0.0175. The predicted molar refractivity (Wildman–Crippen MR) is 97.3 cm³/mol. The number of carbonyl (C=O) groups excluding carboxylic acids is 1. The second-order valence-corrected chi connectivity index (χ2v) is 6.77. The number of carbonyl (C=O) groups is 1. The van der Waals surface area contributed by atoms with Crippen LogP contribution < -0.4 is 26.0 Å². The van der Waals surface area contributed by atoms with Crippen LogP contribution in [-0.4, -0.2) is 34.3 Å². The number of fused-ring (bicyclic) bond motifs is 1. The maximum absolute atomic E-state index is 12.5. The van der Waals surface area contributed by atoms with Gasteiger partial charge in [0.05, 0.1) is 6.54 Å². The summed E-state index contributed by atoms with van der Waals surface area (Å²) in [6.07, 6.45) is 2.52. The van der Waals surface area contributed by atoms with Gasteiger partial charge in [-0.1, -0.05) is 12.1 Å². The van der Waals surface area contributed by atoms with E-state index in [4.69, 9.17) is 14.7 Å². The van der Waals surface area contributed by atoms with E-state index in [0.717, 1.165) is 17.4 Å². The third kappa shape index (κ3) is 3.49. The Hall–Kier alpha value is -3.54. The van der Waals surface area contributed by atoms with Crippen LogP contribution in [0.5, 0.6) is 11.5 Å². The lowest BCUT2D eigenvalue weighted by atomic mass is 10.2. The zero-order chi connectivity index (χ0) is 19.7. The number of ether oxygens (including phenoxy) is 2. The zero-order valence-corrected chi connectivity index (χ0v) is 15.0. The molecule has 9 heteroatoms. The monoisotopic (exact) mass is 382 g/mol. The fourth-order valence-corrected chi connectivity index (χ4v) is 3.04. The molecule has 1 saturated carbocycles. The Bertz CT molecular complexity index is 1080. The van der Waals surface area contributed by atoms with E-state index in [-0.39, 0.29) is 30.9 Å². The van der Waals surface area contributed by atoms with Gasteiger partial charge in [0.15, 0.2) is 11.5 Å². The lowest BCUT2D eigenvalue weighted by molar-refractivity contribution is -0.122. The number of aromatic nitrogens is 2. The van der Waals surface area contributed by atoms with Crippen molar-refractivity contribution in [2.24, 2.45) is 0 Å². The van der Waals surface area contributed by atoms with Crippen LogP contribution in [0.4, 0.5) is 0 Å². The Morgan fingerprint density at radius 3 is 2.71 bits per heavy atom. The summed E-state index contributed by atoms with van der Waals surface area (Å²) in [5.74, 6) is 0.725. The SMILES string of the molecule is N#Cc1cn(C2CC2)c(=O)n(CC(=O)NCC2COc3ccccc3O2)c1=O. The van der Waals surface area contributed by atoms with E-state index in [1.54, 1.807) is 18.2 Å². The fourth-order valence-electron chi connectivity index (χ4n) is 3.04. The molecule has 1 amide bonds. The van der Waals surface area contributed by atoms with E-state index < -0.39 is 23.7 Å². The van der Waals surface area contributed by atoms with Gasteiger partial charge in [-0.25, -0.2) is 9.36 Å². The first-order chi connectivity index (χ1) is 13.6. The van der Waals surface area contributed by atoms with E-state index in [0.29, 0.717) is 11.5 Å². The van der Waals surface area contributed by atoms with Crippen LogP contribution in [0.3, 0.4) is 0 Å². The van der Waals surface area contributed by atoms with Crippen LogP contribution in [-0.2, 0) is 11.3 Å². The van der Waals surface area contributed by atoms with Crippen molar-refractivity contribution in [1.29, 1.82) is 5.26 Å². The second kappa shape index (κ2) is 7.23. The molecule has 1 aromatic carbocycles. The molecule has 1 atom stereocenters. The minimum Gasteiger partial charge on any atom is -0.486 e. The molecule has 4 rings (SSSR count). The molecule has 144 valence electrons. The van der Waals surface area contributed by atoms with Crippen molar-refractivity contribution in [3.8, 4) is 17.6 Å². The highest BCUT2D eigenvalue weighted by Crippen LogP contribution is 2.33. The average Bonchev–Trinajstić information content (AvgIpc) is 3.55. The molecule has 0 saturated heterocycles. The number of hydrogen-bond donors (Lipinski definition) is 1. The first-order valence-corrected chi connectivity index (χ1v) is 8.98. The molecule has 1 unspecified atom stereocenters. The van der Waals surface area contributed by atoms with Crippen molar-refractivity contribution in [1.82, 2.24) is 14.5 Å². The molecule has 1 aliphatic carbocycles. The van der Waals surface area contributed by atoms with Gasteiger partial charge in [0.25, 0.3) is 5.56 Å². The van der Waals surface area contributed by atoms with Gasteiger partial charge in [-0.05, 0) is 25.0 Å². The van der Waals surface area contributed by atoms with E-state index in [9.17, 15) is 14.4 Å². The first kappa shape index (κ1) is 17.9. The Labute approximate surface area is 159 Å². The van der Waals surface area contributed by atoms with Gasteiger partial charge in [-0.3, -0.25) is 14.2 Å². The summed E-state index contributed by atoms with van der Waals surface area (Å²) in [5.41, 5.74) is -1.49. The van der Waals surface area contributed by atoms with Crippen molar-refractivity contribution in [3.05, 3.63) is 56.9 Å². The summed E-state index contributed by atoms with van der Waals surface area (Å²) >= 11 is 0. The van der Waals surface area contributed by atoms with Gasteiger partial charge in [0.2, 0.25) is 5.91 Å². The zero-order valence-electron chi connectivity index (χ0n) is 15.0. The number of para-hydroxylation sites is 2. The topological polar surface area (TPSA) is 115 Å². The predicted octanol–water partition coefficient (Wildman–Crippen LogP) is 0.173. The van der Waals surface area contributed by atoms with Crippen LogP contribution in [0, 0.1) is 11.3 Å². The molecule has 0 radical (unpaired) electrons. The Kier molecular flexibility index (Phi) is 4.61. The molecule has 1 fully saturated rings. The van der Waals surface area contributed by atoms with Crippen molar-refractivity contribution in [3.63, 3.8) is 0 Å². The maximum atomic E-state index is 12.5. The van der Waals surface area contributed by atoms with Crippen molar-refractivity contribution in [2.45, 2.75) is 31.5 Å². The smallest absolute Gasteiger partial charge is 0.331 e. The summed E-state index contributed by atoms with van der Waals surface area (Å²) in [5, 5.41) is 11.8. The van der Waals surface area contributed by atoms with Crippen LogP contribution in [0.25, 0.3) is 0 Å². The first-order valence-electron chi connectivity index (χ1n) is 8.98. The number of nitrogens with zero attached hydrogens (tertiary/aromatic N) is 3. The van der Waals surface area contributed by atoms with Crippen molar-refractivity contribution < 1.29 is 14.3 Å². The quantitative estimate of drug-likeness (QED) is 0.788. The largest absolute Gasteiger partial charge is 0.486 e. The molecule has 28 heavy (non-hydrogen) atoms. The molecule has 2 aromatic rings.